The van der Waals surface area contributed by atoms with Crippen LogP contribution >= 0.6 is 11.6 Å². The second-order valence-corrected chi connectivity index (χ2v) is 7.17. The fourth-order valence-electron chi connectivity index (χ4n) is 3.10. The van der Waals surface area contributed by atoms with Crippen molar-refractivity contribution in [2.24, 2.45) is 4.99 Å². The van der Waals surface area contributed by atoms with Crippen LogP contribution < -0.4 is 0 Å². The summed E-state index contributed by atoms with van der Waals surface area (Å²) in [4.78, 5) is 10.2. The van der Waals surface area contributed by atoms with E-state index in [9.17, 15) is 39.5 Å². The SMILES string of the molecule is N#Cc1cc(C2=NCC(c3cc(C(F)(F)F)cc(C(F)(F)F)n3)(C(F)(F)F)C2)cnc1Cl. The molecule has 14 heteroatoms. The molecule has 2 aromatic rings. The van der Waals surface area contributed by atoms with Crippen molar-refractivity contribution in [3.8, 4) is 6.07 Å². The van der Waals surface area contributed by atoms with Gasteiger partial charge in [0.1, 0.15) is 22.3 Å². The van der Waals surface area contributed by atoms with Gasteiger partial charge >= 0.3 is 18.5 Å². The number of rotatable bonds is 2. The first kappa shape index (κ1) is 23.8. The Morgan fingerprint density at radius 2 is 1.62 bits per heavy atom. The lowest BCUT2D eigenvalue weighted by molar-refractivity contribution is -0.186. The molecule has 0 saturated heterocycles. The lowest BCUT2D eigenvalue weighted by Crippen LogP contribution is -2.45. The predicted molar refractivity (Wildman–Crippen MR) is 92.0 cm³/mol. The third kappa shape index (κ3) is 4.23. The Labute approximate surface area is 178 Å². The molecule has 170 valence electrons. The van der Waals surface area contributed by atoms with Crippen LogP contribution in [0.5, 0.6) is 0 Å². The second kappa shape index (κ2) is 7.61. The largest absolute Gasteiger partial charge is 0.433 e. The van der Waals surface area contributed by atoms with Gasteiger partial charge in [0.25, 0.3) is 0 Å². The van der Waals surface area contributed by atoms with Gasteiger partial charge < -0.3 is 0 Å². The van der Waals surface area contributed by atoms with E-state index >= 15 is 0 Å². The van der Waals surface area contributed by atoms with Crippen molar-refractivity contribution in [3.63, 3.8) is 0 Å². The lowest BCUT2D eigenvalue weighted by atomic mass is 9.79. The number of pyridine rings is 2. The van der Waals surface area contributed by atoms with E-state index < -0.39 is 53.9 Å². The van der Waals surface area contributed by atoms with E-state index in [2.05, 4.69) is 15.0 Å². The van der Waals surface area contributed by atoms with Gasteiger partial charge in [-0.3, -0.25) is 4.99 Å². The molecule has 1 unspecified atom stereocenters. The van der Waals surface area contributed by atoms with E-state index in [1.807, 2.05) is 0 Å². The van der Waals surface area contributed by atoms with Crippen molar-refractivity contribution < 1.29 is 39.5 Å². The average molecular weight is 487 g/mol. The zero-order valence-electron chi connectivity index (χ0n) is 15.3. The molecule has 0 radical (unpaired) electrons. The summed E-state index contributed by atoms with van der Waals surface area (Å²) in [6.45, 7) is -1.21. The van der Waals surface area contributed by atoms with Crippen molar-refractivity contribution in [1.82, 2.24) is 9.97 Å². The molecule has 0 spiro atoms. The van der Waals surface area contributed by atoms with Gasteiger partial charge in [0.15, 0.2) is 0 Å². The first-order chi connectivity index (χ1) is 14.6. The minimum absolute atomic E-state index is 0.0536. The Morgan fingerprint density at radius 1 is 0.969 bits per heavy atom. The van der Waals surface area contributed by atoms with Crippen LogP contribution in [0.25, 0.3) is 0 Å². The summed E-state index contributed by atoms with van der Waals surface area (Å²) in [6, 6.07) is 2.32. The van der Waals surface area contributed by atoms with Crippen LogP contribution in [0.3, 0.4) is 0 Å². The lowest BCUT2D eigenvalue weighted by Gasteiger charge is -2.31. The molecule has 0 fully saturated rings. The standard InChI is InChI=1S/C18H8ClF9N4/c19-14-8(5-29)1-9(6-30-14)11-4-15(7-31-11,18(26,27)28)12-2-10(16(20,21)22)3-13(32-12)17(23,24)25/h1-3,6H,4,7H2. The second-order valence-electron chi connectivity index (χ2n) is 6.82. The molecule has 3 rings (SSSR count). The van der Waals surface area contributed by atoms with Gasteiger partial charge in [-0.05, 0) is 18.2 Å². The molecule has 1 atom stereocenters. The number of hydrogen-bond acceptors (Lipinski definition) is 4. The van der Waals surface area contributed by atoms with Crippen LogP contribution in [-0.4, -0.2) is 28.4 Å². The van der Waals surface area contributed by atoms with Gasteiger partial charge in [0, 0.05) is 23.9 Å². The van der Waals surface area contributed by atoms with Gasteiger partial charge in [-0.1, -0.05) is 11.6 Å². The first-order valence-electron chi connectivity index (χ1n) is 8.41. The van der Waals surface area contributed by atoms with E-state index in [0.717, 1.165) is 12.3 Å². The average Bonchev–Trinajstić information content (AvgIpc) is 3.13. The van der Waals surface area contributed by atoms with Crippen LogP contribution in [0.2, 0.25) is 5.15 Å². The number of alkyl halides is 9. The van der Waals surface area contributed by atoms with E-state index in [4.69, 9.17) is 16.9 Å². The summed E-state index contributed by atoms with van der Waals surface area (Å²) in [5.41, 5.74) is -9.36. The van der Waals surface area contributed by atoms with Gasteiger partial charge in [-0.2, -0.15) is 44.8 Å². The molecule has 1 aliphatic heterocycles. The minimum Gasteiger partial charge on any atom is -0.288 e. The fourth-order valence-corrected chi connectivity index (χ4v) is 3.24. The number of aliphatic imine (C=N–C) groups is 1. The topological polar surface area (TPSA) is 61.9 Å². The summed E-state index contributed by atoms with van der Waals surface area (Å²) in [6.07, 6.45) is -16.2. The van der Waals surface area contributed by atoms with E-state index in [-0.39, 0.29) is 34.1 Å². The molecule has 1 aliphatic rings. The molecule has 0 aromatic carbocycles. The molecule has 0 saturated carbocycles. The third-order valence-corrected chi connectivity index (χ3v) is 5.08. The smallest absolute Gasteiger partial charge is 0.288 e. The number of aromatic nitrogens is 2. The van der Waals surface area contributed by atoms with Gasteiger partial charge in [0.2, 0.25) is 0 Å². The monoisotopic (exact) mass is 486 g/mol. The summed E-state index contributed by atoms with van der Waals surface area (Å²) < 4.78 is 121. The summed E-state index contributed by atoms with van der Waals surface area (Å²) >= 11 is 5.67. The molecule has 0 N–H and O–H groups in total. The molecule has 0 amide bonds. The van der Waals surface area contributed by atoms with Crippen molar-refractivity contribution in [2.45, 2.75) is 30.4 Å². The van der Waals surface area contributed by atoms with Crippen LogP contribution in [-0.2, 0) is 17.8 Å². The molecule has 0 aliphatic carbocycles. The molecule has 32 heavy (non-hydrogen) atoms. The molecule has 4 nitrogen and oxygen atoms in total. The maximum Gasteiger partial charge on any atom is 0.433 e. The maximum atomic E-state index is 14.1. The molecule has 3 heterocycles. The van der Waals surface area contributed by atoms with E-state index in [1.165, 1.54) is 0 Å². The van der Waals surface area contributed by atoms with E-state index in [0.29, 0.717) is 0 Å². The highest BCUT2D eigenvalue weighted by molar-refractivity contribution is 6.30. The minimum atomic E-state index is -5.42. The Bertz CT molecular complexity index is 1100. The third-order valence-electron chi connectivity index (χ3n) is 4.78. The van der Waals surface area contributed by atoms with Gasteiger partial charge in [-0.15, -0.1) is 0 Å². The number of halogens is 10. The maximum absolute atomic E-state index is 14.1. The quantitative estimate of drug-likeness (QED) is 0.402. The van der Waals surface area contributed by atoms with Crippen LogP contribution in [0.4, 0.5) is 39.5 Å². The zero-order valence-corrected chi connectivity index (χ0v) is 16.0. The normalized spacial score (nSPS) is 19.6. The summed E-state index contributed by atoms with van der Waals surface area (Å²) in [5.74, 6) is 0. The van der Waals surface area contributed by atoms with E-state index in [1.54, 1.807) is 6.07 Å². The molecular weight excluding hydrogens is 479 g/mol. The predicted octanol–water partition coefficient (Wildman–Crippen LogP) is 5.73. The Kier molecular flexibility index (Phi) is 5.66. The van der Waals surface area contributed by atoms with Crippen molar-refractivity contribution in [1.29, 1.82) is 5.26 Å². The molecule has 0 bridgehead atoms. The molecule has 2 aromatic heterocycles. The summed E-state index contributed by atoms with van der Waals surface area (Å²) in [7, 11) is 0. The van der Waals surface area contributed by atoms with Crippen LogP contribution in [0.1, 0.15) is 34.5 Å². The highest BCUT2D eigenvalue weighted by Gasteiger charge is 2.60. The number of nitrogens with zero attached hydrogens (tertiary/aromatic N) is 4. The van der Waals surface area contributed by atoms with Crippen LogP contribution in [0, 0.1) is 11.3 Å². The Balaban J connectivity index is 2.17. The van der Waals surface area contributed by atoms with Crippen molar-refractivity contribution in [3.05, 3.63) is 57.6 Å². The van der Waals surface area contributed by atoms with Crippen LogP contribution in [0.15, 0.2) is 29.4 Å². The summed E-state index contributed by atoms with van der Waals surface area (Å²) in [5, 5.41) is 8.75. The van der Waals surface area contributed by atoms with Gasteiger partial charge in [-0.25, -0.2) is 9.97 Å². The number of hydrogen-bond donors (Lipinski definition) is 0. The highest BCUT2D eigenvalue weighted by atomic mass is 35.5. The Morgan fingerprint density at radius 3 is 2.16 bits per heavy atom. The Hall–Kier alpha value is -2.88. The van der Waals surface area contributed by atoms with Gasteiger partial charge in [0.05, 0.1) is 23.4 Å². The van der Waals surface area contributed by atoms with Crippen molar-refractivity contribution >= 4 is 17.3 Å². The fraction of sp³-hybridized carbons (Fsp3) is 0.333. The van der Waals surface area contributed by atoms with Crippen molar-refractivity contribution in [2.75, 3.05) is 6.54 Å². The first-order valence-corrected chi connectivity index (χ1v) is 8.79. The molecular formula is C18H8ClF9N4. The zero-order chi connectivity index (χ0) is 24.1. The highest BCUT2D eigenvalue weighted by Crippen LogP contribution is 2.49. The number of nitriles is 1.